The molecule has 0 saturated carbocycles. The Morgan fingerprint density at radius 2 is 2.04 bits per heavy atom. The molecule has 2 aliphatic carbocycles. The molecular weight excluding hydrogens is 308 g/mol. The van der Waals surface area contributed by atoms with Gasteiger partial charge in [-0.05, 0) is 12.8 Å². The fourth-order valence-corrected chi connectivity index (χ4v) is 4.19. The van der Waals surface area contributed by atoms with Gasteiger partial charge in [0.2, 0.25) is 5.79 Å². The van der Waals surface area contributed by atoms with Gasteiger partial charge in [-0.25, -0.2) is 9.59 Å². The predicted molar refractivity (Wildman–Crippen MR) is 69.3 cm³/mol. The van der Waals surface area contributed by atoms with Gasteiger partial charge >= 0.3 is 23.9 Å². The van der Waals surface area contributed by atoms with Gasteiger partial charge in [0, 0.05) is 12.0 Å². The molecule has 0 unspecified atom stereocenters. The van der Waals surface area contributed by atoms with Crippen LogP contribution < -0.4 is 0 Å². The van der Waals surface area contributed by atoms with Crippen LogP contribution in [0.4, 0.5) is 0 Å². The minimum Gasteiger partial charge on any atom is -0.481 e. The molecule has 2 aliphatic heterocycles. The van der Waals surface area contributed by atoms with Gasteiger partial charge in [-0.2, -0.15) is 0 Å². The standard InChI is InChI=1S/C15H12O8/c16-9(17)5-14-4-6-10(12(19)22-11(6)18)7-2-1-3-8(14)15(7,21)23-13(14)20/h3,7,21H,1-2,4-5H2,(H,16,17)/t7-,14+,15-/m1/s1. The van der Waals surface area contributed by atoms with Gasteiger partial charge in [-0.15, -0.1) is 0 Å². The molecule has 2 N–H and O–H groups in total. The molecule has 8 nitrogen and oxygen atoms in total. The molecule has 3 atom stereocenters. The van der Waals surface area contributed by atoms with E-state index in [9.17, 15) is 29.4 Å². The van der Waals surface area contributed by atoms with Crippen LogP contribution >= 0.6 is 0 Å². The van der Waals surface area contributed by atoms with E-state index < -0.39 is 47.4 Å². The van der Waals surface area contributed by atoms with Crippen LogP contribution in [0.25, 0.3) is 0 Å². The number of carboxylic acid groups (broad SMARTS) is 1. The third-order valence-electron chi connectivity index (χ3n) is 5.07. The smallest absolute Gasteiger partial charge is 0.342 e. The highest BCUT2D eigenvalue weighted by Crippen LogP contribution is 2.61. The first-order valence-electron chi connectivity index (χ1n) is 7.18. The number of aliphatic hydroxyl groups is 1. The van der Waals surface area contributed by atoms with Gasteiger partial charge in [0.25, 0.3) is 0 Å². The zero-order valence-corrected chi connectivity index (χ0v) is 11.8. The molecule has 4 aliphatic rings. The van der Waals surface area contributed by atoms with E-state index in [1.165, 1.54) is 0 Å². The number of esters is 3. The monoisotopic (exact) mass is 320 g/mol. The Hall–Kier alpha value is -2.48. The van der Waals surface area contributed by atoms with Crippen LogP contribution in [-0.2, 0) is 28.7 Å². The van der Waals surface area contributed by atoms with Crippen LogP contribution in [0.3, 0.4) is 0 Å². The molecule has 0 spiro atoms. The lowest BCUT2D eigenvalue weighted by molar-refractivity contribution is -0.197. The molecule has 0 radical (unpaired) electrons. The van der Waals surface area contributed by atoms with Gasteiger partial charge < -0.3 is 19.7 Å². The van der Waals surface area contributed by atoms with Crippen molar-refractivity contribution in [2.45, 2.75) is 31.5 Å². The van der Waals surface area contributed by atoms with Gasteiger partial charge in [0.1, 0.15) is 5.41 Å². The number of ether oxygens (including phenoxy) is 2. The molecule has 0 amide bonds. The number of rotatable bonds is 2. The predicted octanol–water partition coefficient (Wildman–Crippen LogP) is -0.187. The number of aliphatic carboxylic acids is 1. The van der Waals surface area contributed by atoms with Crippen molar-refractivity contribution in [3.8, 4) is 0 Å². The van der Waals surface area contributed by atoms with Crippen molar-refractivity contribution in [3.05, 3.63) is 22.8 Å². The summed E-state index contributed by atoms with van der Waals surface area (Å²) in [6.45, 7) is 0. The summed E-state index contributed by atoms with van der Waals surface area (Å²) in [5, 5.41) is 20.1. The normalized spacial score (nSPS) is 37.9. The molecule has 0 aromatic heterocycles. The maximum Gasteiger partial charge on any atom is 0.342 e. The van der Waals surface area contributed by atoms with Gasteiger partial charge in [-0.3, -0.25) is 9.59 Å². The second kappa shape index (κ2) is 4.08. The van der Waals surface area contributed by atoms with Crippen molar-refractivity contribution in [2.75, 3.05) is 0 Å². The van der Waals surface area contributed by atoms with Crippen molar-refractivity contribution in [1.82, 2.24) is 0 Å². The van der Waals surface area contributed by atoms with Crippen LogP contribution in [0.5, 0.6) is 0 Å². The number of carboxylic acids is 1. The van der Waals surface area contributed by atoms with Crippen molar-refractivity contribution in [2.24, 2.45) is 11.3 Å². The number of carbonyl (C=O) groups is 4. The average Bonchev–Trinajstić information content (AvgIpc) is 2.82. The van der Waals surface area contributed by atoms with E-state index in [0.29, 0.717) is 6.42 Å². The summed E-state index contributed by atoms with van der Waals surface area (Å²) >= 11 is 0. The zero-order valence-electron chi connectivity index (χ0n) is 11.8. The van der Waals surface area contributed by atoms with E-state index in [0.717, 1.165) is 0 Å². The lowest BCUT2D eigenvalue weighted by Gasteiger charge is -2.35. The van der Waals surface area contributed by atoms with E-state index in [1.54, 1.807) is 6.08 Å². The fraction of sp³-hybridized carbons (Fsp3) is 0.467. The van der Waals surface area contributed by atoms with Crippen LogP contribution in [0.15, 0.2) is 22.8 Å². The third kappa shape index (κ3) is 1.53. The Balaban J connectivity index is 2.01. The Bertz CT molecular complexity index is 759. The Morgan fingerprint density at radius 3 is 2.74 bits per heavy atom. The minimum atomic E-state index is -2.09. The second-order valence-corrected chi connectivity index (χ2v) is 6.23. The molecule has 23 heavy (non-hydrogen) atoms. The first-order chi connectivity index (χ1) is 10.8. The number of carbonyl (C=O) groups excluding carboxylic acids is 3. The second-order valence-electron chi connectivity index (χ2n) is 6.23. The van der Waals surface area contributed by atoms with Crippen LogP contribution in [-0.4, -0.2) is 39.9 Å². The van der Waals surface area contributed by atoms with Gasteiger partial charge in [-0.1, -0.05) is 6.08 Å². The van der Waals surface area contributed by atoms with E-state index >= 15 is 0 Å². The highest BCUT2D eigenvalue weighted by Gasteiger charge is 2.69. The lowest BCUT2D eigenvalue weighted by Crippen LogP contribution is -2.43. The largest absolute Gasteiger partial charge is 0.481 e. The van der Waals surface area contributed by atoms with Crippen LogP contribution in [0.1, 0.15) is 25.7 Å². The van der Waals surface area contributed by atoms with Crippen molar-refractivity contribution < 1.29 is 38.9 Å². The van der Waals surface area contributed by atoms with E-state index in [-0.39, 0.29) is 29.6 Å². The molecule has 4 rings (SSSR count). The first kappa shape index (κ1) is 14.1. The summed E-state index contributed by atoms with van der Waals surface area (Å²) in [7, 11) is 0. The van der Waals surface area contributed by atoms with Crippen molar-refractivity contribution in [1.29, 1.82) is 0 Å². The molecule has 0 aromatic carbocycles. The summed E-state index contributed by atoms with van der Waals surface area (Å²) in [4.78, 5) is 47.7. The average molecular weight is 320 g/mol. The number of fused-ring (bicyclic) bond motifs is 1. The zero-order chi connectivity index (χ0) is 16.6. The van der Waals surface area contributed by atoms with Crippen molar-refractivity contribution >= 4 is 23.9 Å². The number of allylic oxidation sites excluding steroid dienone is 1. The number of hydrogen-bond donors (Lipinski definition) is 2. The summed E-state index contributed by atoms with van der Waals surface area (Å²) < 4.78 is 9.76. The molecule has 8 heteroatoms. The molecule has 1 saturated heterocycles. The fourth-order valence-electron chi connectivity index (χ4n) is 4.19. The minimum absolute atomic E-state index is 0.00265. The van der Waals surface area contributed by atoms with Crippen molar-refractivity contribution in [3.63, 3.8) is 0 Å². The van der Waals surface area contributed by atoms with E-state index in [1.807, 2.05) is 0 Å². The highest BCUT2D eigenvalue weighted by atomic mass is 16.7. The molecule has 1 fully saturated rings. The summed E-state index contributed by atoms with van der Waals surface area (Å²) in [5.41, 5.74) is -1.56. The maximum atomic E-state index is 12.4. The molecule has 0 aromatic rings. The van der Waals surface area contributed by atoms with Gasteiger partial charge in [0.15, 0.2) is 0 Å². The molecular formula is C15H12O8. The van der Waals surface area contributed by atoms with E-state index in [4.69, 9.17) is 4.74 Å². The molecule has 120 valence electrons. The number of hydrogen-bond acceptors (Lipinski definition) is 7. The first-order valence-corrected chi connectivity index (χ1v) is 7.18. The van der Waals surface area contributed by atoms with E-state index in [2.05, 4.69) is 4.74 Å². The van der Waals surface area contributed by atoms with Gasteiger partial charge in [0.05, 0.1) is 23.5 Å². The van der Waals surface area contributed by atoms with Crippen LogP contribution in [0, 0.1) is 11.3 Å². The molecule has 2 heterocycles. The Morgan fingerprint density at radius 1 is 1.30 bits per heavy atom. The topological polar surface area (TPSA) is 127 Å². The summed E-state index contributed by atoms with van der Waals surface area (Å²) in [6.07, 6.45) is 1.35. The number of cyclic esters (lactones) is 2. The maximum absolute atomic E-state index is 12.4. The lowest BCUT2D eigenvalue weighted by atomic mass is 9.69. The summed E-state index contributed by atoms with van der Waals surface area (Å²) in [5.74, 6) is -6.91. The SMILES string of the molecule is O=C(O)C[C@@]12CC3=C(C(=O)OC3=O)[C@H]3CCC=C1[C@]3(O)OC2=O. The Kier molecular flexibility index (Phi) is 2.51. The molecule has 4 bridgehead atoms. The third-order valence-corrected chi connectivity index (χ3v) is 5.07. The highest BCUT2D eigenvalue weighted by molar-refractivity contribution is 6.14. The Labute approximate surface area is 129 Å². The van der Waals surface area contributed by atoms with Crippen LogP contribution in [0.2, 0.25) is 0 Å². The quantitative estimate of drug-likeness (QED) is 0.407. The summed E-state index contributed by atoms with van der Waals surface area (Å²) in [6, 6.07) is 0.